The van der Waals surface area contributed by atoms with Crippen LogP contribution in [0.15, 0.2) is 30.5 Å². The molecular weight excluding hydrogens is 282 g/mol. The van der Waals surface area contributed by atoms with Gasteiger partial charge in [-0.05, 0) is 25.6 Å². The van der Waals surface area contributed by atoms with Crippen LogP contribution in [-0.4, -0.2) is 24.8 Å². The summed E-state index contributed by atoms with van der Waals surface area (Å²) in [6.45, 7) is 6.08. The summed E-state index contributed by atoms with van der Waals surface area (Å²) in [6, 6.07) is 8.45. The van der Waals surface area contributed by atoms with Crippen LogP contribution in [0.5, 0.6) is 0 Å². The van der Waals surface area contributed by atoms with Crippen LogP contribution in [-0.2, 0) is 13.0 Å². The third-order valence-electron chi connectivity index (χ3n) is 3.62. The van der Waals surface area contributed by atoms with Crippen molar-refractivity contribution >= 4 is 22.8 Å². The predicted molar refractivity (Wildman–Crippen MR) is 85.4 cm³/mol. The first-order valence-corrected chi connectivity index (χ1v) is 8.01. The highest BCUT2D eigenvalue weighted by Gasteiger charge is 2.18. The van der Waals surface area contributed by atoms with Crippen LogP contribution in [0.2, 0.25) is 0 Å². The van der Waals surface area contributed by atoms with Crippen LogP contribution in [0, 0.1) is 0 Å². The molecule has 2 heterocycles. The molecule has 6 heteroatoms. The smallest absolute Gasteiger partial charge is 0.111 e. The number of fused-ring (bicyclic) bond motifs is 1. The predicted octanol–water partition coefficient (Wildman–Crippen LogP) is 2.80. The van der Waals surface area contributed by atoms with Gasteiger partial charge in [0.2, 0.25) is 0 Å². The number of rotatable bonds is 6. The first-order valence-electron chi connectivity index (χ1n) is 7.28. The molecule has 3 rings (SSSR count). The summed E-state index contributed by atoms with van der Waals surface area (Å²) in [7, 11) is 0. The molecule has 0 amide bonds. The molecule has 0 radical (unpaired) electrons. The Labute approximate surface area is 128 Å². The molecule has 1 unspecified atom stereocenters. The minimum atomic E-state index is 0.163. The summed E-state index contributed by atoms with van der Waals surface area (Å²) < 4.78 is 10.8. The normalized spacial score (nSPS) is 12.9. The Morgan fingerprint density at radius 1 is 1.29 bits per heavy atom. The standard InChI is InChI=1S/C15H19N5S/c1-3-16-12(13-10-17-21-19-13)9-15-18-11-7-5-6-8-14(11)20(15)4-2/h5-8,10,12,16H,3-4,9H2,1-2H3. The topological polar surface area (TPSA) is 55.6 Å². The highest BCUT2D eigenvalue weighted by molar-refractivity contribution is 6.99. The van der Waals surface area contributed by atoms with E-state index in [1.807, 2.05) is 12.3 Å². The van der Waals surface area contributed by atoms with Gasteiger partial charge in [-0.25, -0.2) is 4.98 Å². The van der Waals surface area contributed by atoms with Crippen molar-refractivity contribution in [2.24, 2.45) is 0 Å². The van der Waals surface area contributed by atoms with Gasteiger partial charge in [-0.1, -0.05) is 19.1 Å². The Balaban J connectivity index is 1.95. The number of benzene rings is 1. The number of hydrogen-bond donors (Lipinski definition) is 1. The lowest BCUT2D eigenvalue weighted by atomic mass is 10.1. The average Bonchev–Trinajstić information content (AvgIpc) is 3.14. The van der Waals surface area contributed by atoms with E-state index in [2.05, 4.69) is 50.7 Å². The van der Waals surface area contributed by atoms with E-state index in [1.165, 1.54) is 17.2 Å². The second kappa shape index (κ2) is 6.32. The van der Waals surface area contributed by atoms with E-state index >= 15 is 0 Å². The third kappa shape index (κ3) is 2.82. The number of aromatic nitrogens is 4. The molecule has 1 aromatic carbocycles. The lowest BCUT2D eigenvalue weighted by Crippen LogP contribution is -2.24. The summed E-state index contributed by atoms with van der Waals surface area (Å²) in [5.41, 5.74) is 3.25. The number of nitrogens with one attached hydrogen (secondary N) is 1. The van der Waals surface area contributed by atoms with E-state index in [0.717, 1.165) is 36.5 Å². The number of imidazole rings is 1. The summed E-state index contributed by atoms with van der Waals surface area (Å²) in [5, 5.41) is 3.48. The van der Waals surface area contributed by atoms with Crippen LogP contribution < -0.4 is 5.32 Å². The molecule has 0 saturated heterocycles. The Morgan fingerprint density at radius 2 is 2.14 bits per heavy atom. The Hall–Kier alpha value is -1.79. The van der Waals surface area contributed by atoms with E-state index < -0.39 is 0 Å². The van der Waals surface area contributed by atoms with Crippen molar-refractivity contribution in [3.05, 3.63) is 42.0 Å². The van der Waals surface area contributed by atoms with E-state index in [0.29, 0.717) is 0 Å². The molecule has 0 fully saturated rings. The minimum absolute atomic E-state index is 0.163. The third-order valence-corrected chi connectivity index (χ3v) is 4.11. The van der Waals surface area contributed by atoms with Crippen LogP contribution in [0.25, 0.3) is 11.0 Å². The zero-order valence-corrected chi connectivity index (χ0v) is 13.1. The fourth-order valence-corrected chi connectivity index (χ4v) is 3.14. The summed E-state index contributed by atoms with van der Waals surface area (Å²) in [5.74, 6) is 1.10. The maximum Gasteiger partial charge on any atom is 0.111 e. The highest BCUT2D eigenvalue weighted by Crippen LogP contribution is 2.21. The van der Waals surface area contributed by atoms with Gasteiger partial charge in [-0.3, -0.25) is 0 Å². The fraction of sp³-hybridized carbons (Fsp3) is 0.400. The van der Waals surface area contributed by atoms with Crippen molar-refractivity contribution in [3.63, 3.8) is 0 Å². The molecule has 0 aliphatic rings. The SMILES string of the molecule is CCNC(Cc1nc2ccccc2n1CC)c1cnsn1. The van der Waals surface area contributed by atoms with Crippen molar-refractivity contribution in [1.82, 2.24) is 23.6 Å². The van der Waals surface area contributed by atoms with Gasteiger partial charge in [0.15, 0.2) is 0 Å². The second-order valence-corrected chi connectivity index (χ2v) is 5.46. The van der Waals surface area contributed by atoms with Gasteiger partial charge in [0, 0.05) is 13.0 Å². The van der Waals surface area contributed by atoms with Crippen LogP contribution in [0.3, 0.4) is 0 Å². The molecule has 2 aromatic heterocycles. The Morgan fingerprint density at radius 3 is 2.86 bits per heavy atom. The van der Waals surface area contributed by atoms with Gasteiger partial charge in [0.05, 0.1) is 40.7 Å². The van der Waals surface area contributed by atoms with Crippen molar-refractivity contribution in [3.8, 4) is 0 Å². The summed E-state index contributed by atoms with van der Waals surface area (Å²) in [4.78, 5) is 4.79. The molecular formula is C15H19N5S. The molecule has 5 nitrogen and oxygen atoms in total. The van der Waals surface area contributed by atoms with Crippen molar-refractivity contribution in [2.45, 2.75) is 32.9 Å². The molecule has 0 bridgehead atoms. The van der Waals surface area contributed by atoms with Gasteiger partial charge in [0.1, 0.15) is 5.82 Å². The highest BCUT2D eigenvalue weighted by atomic mass is 32.1. The monoisotopic (exact) mass is 301 g/mol. The van der Waals surface area contributed by atoms with Crippen molar-refractivity contribution in [2.75, 3.05) is 6.54 Å². The van der Waals surface area contributed by atoms with Crippen LogP contribution in [0.1, 0.15) is 31.4 Å². The maximum atomic E-state index is 4.79. The molecule has 0 spiro atoms. The molecule has 110 valence electrons. The Bertz CT molecular complexity index is 704. The van der Waals surface area contributed by atoms with Crippen molar-refractivity contribution in [1.29, 1.82) is 0 Å². The molecule has 0 aliphatic heterocycles. The lowest BCUT2D eigenvalue weighted by Gasteiger charge is -2.15. The quantitative estimate of drug-likeness (QED) is 0.760. The second-order valence-electron chi connectivity index (χ2n) is 4.91. The maximum absolute atomic E-state index is 4.79. The number of likely N-dealkylation sites (N-methyl/N-ethyl adjacent to an activating group) is 1. The van der Waals surface area contributed by atoms with Gasteiger partial charge >= 0.3 is 0 Å². The van der Waals surface area contributed by atoms with Gasteiger partial charge in [-0.2, -0.15) is 8.75 Å². The molecule has 21 heavy (non-hydrogen) atoms. The van der Waals surface area contributed by atoms with E-state index in [9.17, 15) is 0 Å². The Kier molecular flexibility index (Phi) is 4.26. The van der Waals surface area contributed by atoms with Gasteiger partial charge in [-0.15, -0.1) is 0 Å². The largest absolute Gasteiger partial charge is 0.328 e. The minimum Gasteiger partial charge on any atom is -0.328 e. The summed E-state index contributed by atoms with van der Waals surface area (Å²) in [6.07, 6.45) is 2.67. The molecule has 1 N–H and O–H groups in total. The molecule has 0 saturated carbocycles. The first-order chi connectivity index (χ1) is 10.3. The number of aryl methyl sites for hydroxylation is 1. The van der Waals surface area contributed by atoms with Gasteiger partial charge in [0.25, 0.3) is 0 Å². The van der Waals surface area contributed by atoms with E-state index in [4.69, 9.17) is 4.98 Å². The number of para-hydroxylation sites is 2. The van der Waals surface area contributed by atoms with E-state index in [-0.39, 0.29) is 6.04 Å². The van der Waals surface area contributed by atoms with Gasteiger partial charge < -0.3 is 9.88 Å². The first kappa shape index (κ1) is 14.2. The number of nitrogens with zero attached hydrogens (tertiary/aromatic N) is 4. The fourth-order valence-electron chi connectivity index (χ4n) is 2.67. The lowest BCUT2D eigenvalue weighted by molar-refractivity contribution is 0.516. The van der Waals surface area contributed by atoms with Crippen molar-refractivity contribution < 1.29 is 0 Å². The van der Waals surface area contributed by atoms with Crippen LogP contribution in [0.4, 0.5) is 0 Å². The van der Waals surface area contributed by atoms with E-state index in [1.54, 1.807) is 0 Å². The number of hydrogen-bond acceptors (Lipinski definition) is 5. The van der Waals surface area contributed by atoms with Crippen LogP contribution >= 0.6 is 11.7 Å². The average molecular weight is 301 g/mol. The molecule has 0 aliphatic carbocycles. The zero-order chi connectivity index (χ0) is 14.7. The zero-order valence-electron chi connectivity index (χ0n) is 12.3. The molecule has 3 aromatic rings. The summed E-state index contributed by atoms with van der Waals surface area (Å²) >= 11 is 1.25. The molecule has 1 atom stereocenters.